The lowest BCUT2D eigenvalue weighted by atomic mass is 10.2. The average molecular weight is 352 g/mol. The normalized spacial score (nSPS) is 10.4. The number of halogens is 2. The number of rotatable bonds is 7. The fraction of sp³-hybridized carbons (Fsp3) is 0.278. The maximum Gasteiger partial charge on any atom is 0.251 e. The van der Waals surface area contributed by atoms with Gasteiger partial charge in [0.25, 0.3) is 5.91 Å². The maximum absolute atomic E-state index is 12.1. The summed E-state index contributed by atoms with van der Waals surface area (Å²) in [5, 5.41) is 3.95. The molecule has 0 unspecified atom stereocenters. The SMILES string of the molecule is CCCCOc1ccc(C(=O)NCc2ccc(Cl)cc2Cl)cc1. The van der Waals surface area contributed by atoms with E-state index < -0.39 is 0 Å². The molecule has 0 atom stereocenters. The zero-order valence-corrected chi connectivity index (χ0v) is 14.5. The molecule has 2 rings (SSSR count). The van der Waals surface area contributed by atoms with Gasteiger partial charge in [-0.25, -0.2) is 0 Å². The lowest BCUT2D eigenvalue weighted by Gasteiger charge is -2.09. The van der Waals surface area contributed by atoms with Crippen molar-refractivity contribution in [3.8, 4) is 5.75 Å². The first kappa shape index (κ1) is 17.6. The van der Waals surface area contributed by atoms with Crippen molar-refractivity contribution in [2.75, 3.05) is 6.61 Å². The molecule has 5 heteroatoms. The van der Waals surface area contributed by atoms with Crippen LogP contribution in [0.2, 0.25) is 10.0 Å². The second-order valence-corrected chi connectivity index (χ2v) is 5.99. The van der Waals surface area contributed by atoms with E-state index in [0.29, 0.717) is 28.8 Å². The molecule has 0 saturated heterocycles. The van der Waals surface area contributed by atoms with Crippen molar-refractivity contribution in [3.05, 3.63) is 63.6 Å². The first-order valence-electron chi connectivity index (χ1n) is 7.55. The predicted octanol–water partition coefficient (Wildman–Crippen LogP) is 5.10. The van der Waals surface area contributed by atoms with Crippen molar-refractivity contribution >= 4 is 29.1 Å². The number of unbranched alkanes of at least 4 members (excludes halogenated alkanes) is 1. The highest BCUT2D eigenvalue weighted by atomic mass is 35.5. The Morgan fingerprint density at radius 1 is 1.13 bits per heavy atom. The summed E-state index contributed by atoms with van der Waals surface area (Å²) in [7, 11) is 0. The molecule has 1 amide bonds. The van der Waals surface area contributed by atoms with Crippen LogP contribution in [0.5, 0.6) is 5.75 Å². The molecule has 2 aromatic carbocycles. The lowest BCUT2D eigenvalue weighted by Crippen LogP contribution is -2.22. The van der Waals surface area contributed by atoms with E-state index in [2.05, 4.69) is 12.2 Å². The molecule has 0 saturated carbocycles. The molecule has 2 aromatic rings. The van der Waals surface area contributed by atoms with Crippen molar-refractivity contribution < 1.29 is 9.53 Å². The van der Waals surface area contributed by atoms with Gasteiger partial charge >= 0.3 is 0 Å². The molecule has 0 aliphatic heterocycles. The summed E-state index contributed by atoms with van der Waals surface area (Å²) in [6.07, 6.45) is 2.11. The van der Waals surface area contributed by atoms with E-state index >= 15 is 0 Å². The fourth-order valence-corrected chi connectivity index (χ4v) is 2.45. The van der Waals surface area contributed by atoms with Gasteiger partial charge in [0.05, 0.1) is 6.61 Å². The minimum Gasteiger partial charge on any atom is -0.494 e. The number of amides is 1. The highest BCUT2D eigenvalue weighted by Gasteiger charge is 2.07. The van der Waals surface area contributed by atoms with Crippen molar-refractivity contribution in [3.63, 3.8) is 0 Å². The first-order chi connectivity index (χ1) is 11.1. The first-order valence-corrected chi connectivity index (χ1v) is 8.30. The van der Waals surface area contributed by atoms with Gasteiger partial charge in [-0.1, -0.05) is 42.6 Å². The molecule has 0 aliphatic rings. The molecule has 0 aromatic heterocycles. The van der Waals surface area contributed by atoms with Gasteiger partial charge in [-0.15, -0.1) is 0 Å². The van der Waals surface area contributed by atoms with Crippen LogP contribution >= 0.6 is 23.2 Å². The highest BCUT2D eigenvalue weighted by molar-refractivity contribution is 6.35. The van der Waals surface area contributed by atoms with Gasteiger partial charge in [0.2, 0.25) is 0 Å². The summed E-state index contributed by atoms with van der Waals surface area (Å²) in [5.74, 6) is 0.617. The summed E-state index contributed by atoms with van der Waals surface area (Å²) in [6, 6.07) is 12.3. The maximum atomic E-state index is 12.1. The Morgan fingerprint density at radius 2 is 1.87 bits per heavy atom. The number of ether oxygens (including phenoxy) is 1. The van der Waals surface area contributed by atoms with Crippen LogP contribution in [-0.4, -0.2) is 12.5 Å². The monoisotopic (exact) mass is 351 g/mol. The van der Waals surface area contributed by atoms with Crippen molar-refractivity contribution in [2.24, 2.45) is 0 Å². The van der Waals surface area contributed by atoms with E-state index in [1.54, 1.807) is 42.5 Å². The zero-order valence-electron chi connectivity index (χ0n) is 12.9. The van der Waals surface area contributed by atoms with Gasteiger partial charge in [-0.3, -0.25) is 4.79 Å². The van der Waals surface area contributed by atoms with Crippen LogP contribution in [-0.2, 0) is 6.54 Å². The predicted molar refractivity (Wildman–Crippen MR) is 94.5 cm³/mol. The minimum absolute atomic E-state index is 0.156. The van der Waals surface area contributed by atoms with Crippen molar-refractivity contribution in [1.29, 1.82) is 0 Å². The summed E-state index contributed by atoms with van der Waals surface area (Å²) >= 11 is 11.9. The van der Waals surface area contributed by atoms with Gasteiger partial charge < -0.3 is 10.1 Å². The highest BCUT2D eigenvalue weighted by Crippen LogP contribution is 2.21. The van der Waals surface area contributed by atoms with E-state index in [1.807, 2.05) is 0 Å². The molecule has 0 radical (unpaired) electrons. The summed E-state index contributed by atoms with van der Waals surface area (Å²) in [6.45, 7) is 3.16. The van der Waals surface area contributed by atoms with Gasteiger partial charge in [0.15, 0.2) is 0 Å². The minimum atomic E-state index is -0.156. The molecule has 0 spiro atoms. The third-order valence-corrected chi connectivity index (χ3v) is 3.92. The van der Waals surface area contributed by atoms with E-state index in [9.17, 15) is 4.79 Å². The van der Waals surface area contributed by atoms with Crippen LogP contribution in [0.15, 0.2) is 42.5 Å². The summed E-state index contributed by atoms with van der Waals surface area (Å²) in [5.41, 5.74) is 1.40. The van der Waals surface area contributed by atoms with Crippen LogP contribution in [0.1, 0.15) is 35.7 Å². The standard InChI is InChI=1S/C18H19Cl2NO2/c1-2-3-10-23-16-8-5-13(6-9-16)18(22)21-12-14-4-7-15(19)11-17(14)20/h4-9,11H,2-3,10,12H2,1H3,(H,21,22). The third-order valence-electron chi connectivity index (χ3n) is 3.34. The molecular formula is C18H19Cl2NO2. The van der Waals surface area contributed by atoms with Crippen molar-refractivity contribution in [1.82, 2.24) is 5.32 Å². The Balaban J connectivity index is 1.90. The van der Waals surface area contributed by atoms with Gasteiger partial charge in [0.1, 0.15) is 5.75 Å². The Bertz CT molecular complexity index is 657. The van der Waals surface area contributed by atoms with E-state index in [4.69, 9.17) is 27.9 Å². The zero-order chi connectivity index (χ0) is 16.7. The molecule has 0 heterocycles. The fourth-order valence-electron chi connectivity index (χ4n) is 1.98. The van der Waals surface area contributed by atoms with Crippen LogP contribution in [0.4, 0.5) is 0 Å². The summed E-state index contributed by atoms with van der Waals surface area (Å²) < 4.78 is 5.58. The molecule has 0 bridgehead atoms. The molecule has 3 nitrogen and oxygen atoms in total. The van der Waals surface area contributed by atoms with Gasteiger partial charge in [0, 0.05) is 22.2 Å². The van der Waals surface area contributed by atoms with Crippen molar-refractivity contribution in [2.45, 2.75) is 26.3 Å². The Kier molecular flexibility index (Phi) is 6.75. The van der Waals surface area contributed by atoms with Crippen LogP contribution < -0.4 is 10.1 Å². The Morgan fingerprint density at radius 3 is 2.52 bits per heavy atom. The lowest BCUT2D eigenvalue weighted by molar-refractivity contribution is 0.0951. The topological polar surface area (TPSA) is 38.3 Å². The second-order valence-electron chi connectivity index (χ2n) is 5.14. The Labute approximate surface area is 146 Å². The number of carbonyl (C=O) groups is 1. The molecule has 122 valence electrons. The third kappa shape index (κ3) is 5.45. The molecule has 1 N–H and O–H groups in total. The number of hydrogen-bond acceptors (Lipinski definition) is 2. The number of nitrogens with one attached hydrogen (secondary N) is 1. The molecular weight excluding hydrogens is 333 g/mol. The number of hydrogen-bond donors (Lipinski definition) is 1. The smallest absolute Gasteiger partial charge is 0.251 e. The van der Waals surface area contributed by atoms with Crippen LogP contribution in [0, 0.1) is 0 Å². The molecule has 0 fully saturated rings. The largest absolute Gasteiger partial charge is 0.494 e. The Hall–Kier alpha value is -1.71. The van der Waals surface area contributed by atoms with Gasteiger partial charge in [-0.05, 0) is 48.4 Å². The number of benzene rings is 2. The number of carbonyl (C=O) groups excluding carboxylic acids is 1. The molecule has 23 heavy (non-hydrogen) atoms. The van der Waals surface area contributed by atoms with Crippen LogP contribution in [0.3, 0.4) is 0 Å². The molecule has 0 aliphatic carbocycles. The summed E-state index contributed by atoms with van der Waals surface area (Å²) in [4.78, 5) is 12.1. The van der Waals surface area contributed by atoms with E-state index in [1.165, 1.54) is 0 Å². The average Bonchev–Trinajstić information content (AvgIpc) is 2.55. The van der Waals surface area contributed by atoms with Crippen LogP contribution in [0.25, 0.3) is 0 Å². The van der Waals surface area contributed by atoms with E-state index in [-0.39, 0.29) is 5.91 Å². The van der Waals surface area contributed by atoms with E-state index in [0.717, 1.165) is 24.2 Å². The second kappa shape index (κ2) is 8.80. The van der Waals surface area contributed by atoms with Gasteiger partial charge in [-0.2, -0.15) is 0 Å². The quantitative estimate of drug-likeness (QED) is 0.704.